The molecular weight excluding hydrogens is 406 g/mol. The van der Waals surface area contributed by atoms with Crippen molar-refractivity contribution in [3.8, 4) is 0 Å². The van der Waals surface area contributed by atoms with E-state index in [-0.39, 0.29) is 16.9 Å². The van der Waals surface area contributed by atoms with Gasteiger partial charge in [-0.05, 0) is 112 Å². The summed E-state index contributed by atoms with van der Waals surface area (Å²) in [5.41, 5.74) is 3.01. The molecule has 7 rings (SSSR count). The lowest BCUT2D eigenvalue weighted by molar-refractivity contribution is -0.129. The molecule has 5 fully saturated rings. The van der Waals surface area contributed by atoms with Crippen LogP contribution in [0.3, 0.4) is 0 Å². The second kappa shape index (κ2) is 8.54. The van der Waals surface area contributed by atoms with Crippen LogP contribution in [0, 0.1) is 17.8 Å². The second-order valence-corrected chi connectivity index (χ2v) is 11.7. The summed E-state index contributed by atoms with van der Waals surface area (Å²) >= 11 is 0. The van der Waals surface area contributed by atoms with Gasteiger partial charge in [0.05, 0.1) is 6.54 Å². The molecule has 0 radical (unpaired) electrons. The van der Waals surface area contributed by atoms with E-state index in [1.165, 1.54) is 43.4 Å². The molecule has 1 aromatic carbocycles. The van der Waals surface area contributed by atoms with Crippen LogP contribution < -0.4 is 5.32 Å². The summed E-state index contributed by atoms with van der Waals surface area (Å²) in [7, 11) is 0. The molecule has 1 amide bonds. The molecular formula is C29H37N3O. The number of likely N-dealkylation sites (tertiary alicyclic amines) is 1. The smallest absolute Gasteiger partial charge is 0.234 e. The van der Waals surface area contributed by atoms with E-state index in [1.807, 2.05) is 12.3 Å². The first-order valence-electron chi connectivity index (χ1n) is 13.1. The van der Waals surface area contributed by atoms with Crippen LogP contribution in [0.2, 0.25) is 0 Å². The van der Waals surface area contributed by atoms with Gasteiger partial charge in [0.25, 0.3) is 0 Å². The molecule has 1 N–H and O–H groups in total. The first-order valence-corrected chi connectivity index (χ1v) is 13.1. The van der Waals surface area contributed by atoms with Gasteiger partial charge in [-0.15, -0.1) is 0 Å². The molecule has 0 spiro atoms. The summed E-state index contributed by atoms with van der Waals surface area (Å²) in [6.45, 7) is 2.61. The van der Waals surface area contributed by atoms with Gasteiger partial charge in [0.15, 0.2) is 0 Å². The van der Waals surface area contributed by atoms with Crippen molar-refractivity contribution in [3.63, 3.8) is 0 Å². The van der Waals surface area contributed by atoms with Crippen molar-refractivity contribution in [2.45, 2.75) is 68.7 Å². The first-order chi connectivity index (χ1) is 16.1. The number of benzene rings is 1. The summed E-state index contributed by atoms with van der Waals surface area (Å²) in [4.78, 5) is 20.1. The standard InChI is InChI=1S/C29H37N3O/c33-27(20-32-12-9-22(10-13-32)15-26-8-4-5-11-30-26)31-29-18-23-14-24(19-29)17-28(16-23,21-29)25-6-2-1-3-7-25/h1-8,11,22-24H,9-10,12-21H2,(H,31,33)/t23-,24+,28-,29-. The second-order valence-electron chi connectivity index (χ2n) is 11.7. The molecule has 4 heteroatoms. The minimum atomic E-state index is 0.0221. The minimum Gasteiger partial charge on any atom is -0.350 e. The summed E-state index contributed by atoms with van der Waals surface area (Å²) in [5, 5.41) is 3.63. The van der Waals surface area contributed by atoms with Crippen LogP contribution in [-0.4, -0.2) is 41.0 Å². The fourth-order valence-electron chi connectivity index (χ4n) is 8.24. The van der Waals surface area contributed by atoms with E-state index in [4.69, 9.17) is 0 Å². The van der Waals surface area contributed by atoms with Gasteiger partial charge in [-0.3, -0.25) is 14.7 Å². The lowest BCUT2D eigenvalue weighted by atomic mass is 9.45. The average Bonchev–Trinajstić information content (AvgIpc) is 2.80. The van der Waals surface area contributed by atoms with Gasteiger partial charge < -0.3 is 5.32 Å². The van der Waals surface area contributed by atoms with Crippen molar-refractivity contribution >= 4 is 5.91 Å². The van der Waals surface area contributed by atoms with Gasteiger partial charge in [0.1, 0.15) is 0 Å². The highest BCUT2D eigenvalue weighted by Crippen LogP contribution is 2.62. The molecule has 4 saturated carbocycles. The summed E-state index contributed by atoms with van der Waals surface area (Å²) in [6, 6.07) is 17.4. The predicted octanol–water partition coefficient (Wildman–Crippen LogP) is 4.74. The third-order valence-electron chi connectivity index (χ3n) is 9.15. The molecule has 2 aromatic rings. The zero-order valence-corrected chi connectivity index (χ0v) is 19.7. The number of amides is 1. The topological polar surface area (TPSA) is 45.2 Å². The minimum absolute atomic E-state index is 0.0221. The third kappa shape index (κ3) is 4.35. The van der Waals surface area contributed by atoms with Gasteiger partial charge >= 0.3 is 0 Å². The van der Waals surface area contributed by atoms with Crippen LogP contribution in [0.25, 0.3) is 0 Å². The molecule has 5 aliphatic rings. The number of rotatable bonds is 6. The fraction of sp³-hybridized carbons (Fsp3) is 0.586. The van der Waals surface area contributed by atoms with Crippen LogP contribution in [0.1, 0.15) is 62.6 Å². The highest BCUT2D eigenvalue weighted by Gasteiger charge is 2.58. The molecule has 33 heavy (non-hydrogen) atoms. The number of aromatic nitrogens is 1. The van der Waals surface area contributed by atoms with E-state index < -0.39 is 0 Å². The zero-order valence-electron chi connectivity index (χ0n) is 19.7. The Bertz CT molecular complexity index is 953. The molecule has 174 valence electrons. The van der Waals surface area contributed by atoms with Gasteiger partial charge in [0, 0.05) is 17.4 Å². The third-order valence-corrected chi connectivity index (χ3v) is 9.15. The van der Waals surface area contributed by atoms with Crippen molar-refractivity contribution in [2.24, 2.45) is 17.8 Å². The summed E-state index contributed by atoms with van der Waals surface area (Å²) in [5.74, 6) is 2.49. The summed E-state index contributed by atoms with van der Waals surface area (Å²) in [6.07, 6.45) is 12.8. The van der Waals surface area contributed by atoms with E-state index in [2.05, 4.69) is 57.7 Å². The number of piperidine rings is 1. The average molecular weight is 444 g/mol. The first kappa shape index (κ1) is 21.3. The van der Waals surface area contributed by atoms with E-state index in [1.54, 1.807) is 0 Å². The Labute approximate surface area is 198 Å². The van der Waals surface area contributed by atoms with E-state index in [0.29, 0.717) is 12.5 Å². The van der Waals surface area contributed by atoms with Gasteiger partial charge in [-0.2, -0.15) is 0 Å². The maximum absolute atomic E-state index is 13.2. The Morgan fingerprint density at radius 2 is 1.70 bits per heavy atom. The molecule has 2 heterocycles. The van der Waals surface area contributed by atoms with Crippen LogP contribution in [0.5, 0.6) is 0 Å². The lowest BCUT2D eigenvalue weighted by Crippen LogP contribution is -2.65. The highest BCUT2D eigenvalue weighted by atomic mass is 16.2. The van der Waals surface area contributed by atoms with Crippen LogP contribution >= 0.6 is 0 Å². The Morgan fingerprint density at radius 3 is 2.39 bits per heavy atom. The Morgan fingerprint density at radius 1 is 0.970 bits per heavy atom. The lowest BCUT2D eigenvalue weighted by Gasteiger charge is -2.62. The fourth-order valence-corrected chi connectivity index (χ4v) is 8.24. The molecule has 4 atom stereocenters. The number of hydrogen-bond acceptors (Lipinski definition) is 3. The summed E-state index contributed by atoms with van der Waals surface area (Å²) < 4.78 is 0. The molecule has 4 nitrogen and oxygen atoms in total. The van der Waals surface area contributed by atoms with Gasteiger partial charge in [-0.1, -0.05) is 36.4 Å². The molecule has 4 aliphatic carbocycles. The van der Waals surface area contributed by atoms with Crippen molar-refractivity contribution in [3.05, 3.63) is 66.0 Å². The number of nitrogens with one attached hydrogen (secondary N) is 1. The Balaban J connectivity index is 1.06. The van der Waals surface area contributed by atoms with Gasteiger partial charge in [0.2, 0.25) is 5.91 Å². The van der Waals surface area contributed by atoms with Crippen LogP contribution in [-0.2, 0) is 16.6 Å². The molecule has 1 saturated heterocycles. The zero-order chi connectivity index (χ0) is 22.3. The highest BCUT2D eigenvalue weighted by molar-refractivity contribution is 5.79. The number of hydrogen-bond donors (Lipinski definition) is 1. The van der Waals surface area contributed by atoms with Crippen molar-refractivity contribution in [2.75, 3.05) is 19.6 Å². The number of pyridine rings is 1. The van der Waals surface area contributed by atoms with Crippen molar-refractivity contribution in [1.82, 2.24) is 15.2 Å². The van der Waals surface area contributed by atoms with Crippen LogP contribution in [0.4, 0.5) is 0 Å². The Hall–Kier alpha value is -2.20. The molecule has 4 bridgehead atoms. The molecule has 1 aromatic heterocycles. The monoisotopic (exact) mass is 443 g/mol. The van der Waals surface area contributed by atoms with E-state index >= 15 is 0 Å². The number of nitrogens with zero attached hydrogens (tertiary/aromatic N) is 2. The number of carbonyl (C=O) groups excluding carboxylic acids is 1. The maximum Gasteiger partial charge on any atom is 0.234 e. The largest absolute Gasteiger partial charge is 0.350 e. The van der Waals surface area contributed by atoms with Crippen molar-refractivity contribution < 1.29 is 4.79 Å². The van der Waals surface area contributed by atoms with E-state index in [0.717, 1.165) is 50.6 Å². The Kier molecular flexibility index (Phi) is 5.52. The van der Waals surface area contributed by atoms with Crippen molar-refractivity contribution in [1.29, 1.82) is 0 Å². The SMILES string of the molecule is O=C(CN1CCC(Cc2ccccn2)CC1)N[C@@]12C[C@H]3C[C@@H](C1)C[C@@](c1ccccc1)(C3)C2. The van der Waals surface area contributed by atoms with Gasteiger partial charge in [-0.25, -0.2) is 0 Å². The maximum atomic E-state index is 13.2. The number of carbonyl (C=O) groups is 1. The van der Waals surface area contributed by atoms with E-state index in [9.17, 15) is 4.79 Å². The predicted molar refractivity (Wildman–Crippen MR) is 131 cm³/mol. The quantitative estimate of drug-likeness (QED) is 0.701. The molecule has 1 aliphatic heterocycles. The molecule has 0 unspecified atom stereocenters. The van der Waals surface area contributed by atoms with Crippen LogP contribution in [0.15, 0.2) is 54.7 Å². The normalized spacial score (nSPS) is 33.8.